The van der Waals surface area contributed by atoms with Gasteiger partial charge in [0.1, 0.15) is 11.8 Å². The van der Waals surface area contributed by atoms with E-state index in [1.54, 1.807) is 6.07 Å². The molecule has 3 aromatic carbocycles. The second-order valence-corrected chi connectivity index (χ2v) is 5.72. The molecule has 0 aliphatic heterocycles. The molecule has 5 nitrogen and oxygen atoms in total. The Morgan fingerprint density at radius 1 is 1.04 bits per heavy atom. The summed E-state index contributed by atoms with van der Waals surface area (Å²) in [5.74, 6) is 0.676. The molecule has 0 unspecified atom stereocenters. The highest BCUT2D eigenvalue weighted by atomic mass is 79.9. The summed E-state index contributed by atoms with van der Waals surface area (Å²) in [6, 6.07) is 17.2. The van der Waals surface area contributed by atoms with E-state index in [1.807, 2.05) is 36.4 Å². The summed E-state index contributed by atoms with van der Waals surface area (Å²) in [5, 5.41) is 22.0. The highest BCUT2D eigenvalue weighted by Gasteiger charge is 2.12. The van der Waals surface area contributed by atoms with Gasteiger partial charge in [0.2, 0.25) is 0 Å². The van der Waals surface area contributed by atoms with Gasteiger partial charge < -0.3 is 4.74 Å². The SMILES string of the molecule is N#Cc1ccc([N+](=O)[O-])cc1Oc1ccc2cc(Br)ccc2c1. The molecular formula is C17H9BrN2O3. The van der Waals surface area contributed by atoms with Crippen molar-refractivity contribution in [3.63, 3.8) is 0 Å². The van der Waals surface area contributed by atoms with Gasteiger partial charge in [-0.3, -0.25) is 10.1 Å². The second kappa shape index (κ2) is 6.07. The number of halogens is 1. The van der Waals surface area contributed by atoms with Crippen molar-refractivity contribution in [3.05, 3.63) is 74.7 Å². The smallest absolute Gasteiger partial charge is 0.273 e. The summed E-state index contributed by atoms with van der Waals surface area (Å²) in [4.78, 5) is 10.4. The first kappa shape index (κ1) is 15.0. The number of nitro groups is 1. The summed E-state index contributed by atoms with van der Waals surface area (Å²) in [5.41, 5.74) is 0.121. The highest BCUT2D eigenvalue weighted by molar-refractivity contribution is 9.10. The van der Waals surface area contributed by atoms with Gasteiger partial charge in [-0.05, 0) is 41.1 Å². The van der Waals surface area contributed by atoms with Crippen molar-refractivity contribution in [2.45, 2.75) is 0 Å². The normalized spacial score (nSPS) is 10.3. The van der Waals surface area contributed by atoms with Gasteiger partial charge in [0.15, 0.2) is 5.75 Å². The summed E-state index contributed by atoms with van der Waals surface area (Å²) in [6.45, 7) is 0. The number of ether oxygens (including phenoxy) is 1. The molecule has 0 amide bonds. The van der Waals surface area contributed by atoms with Crippen LogP contribution in [0.25, 0.3) is 10.8 Å². The molecule has 0 spiro atoms. The lowest BCUT2D eigenvalue weighted by molar-refractivity contribution is -0.384. The molecule has 0 heterocycles. The van der Waals surface area contributed by atoms with E-state index in [2.05, 4.69) is 15.9 Å². The maximum Gasteiger partial charge on any atom is 0.273 e. The lowest BCUT2D eigenvalue weighted by Gasteiger charge is -2.08. The first-order chi connectivity index (χ1) is 11.1. The van der Waals surface area contributed by atoms with Crippen LogP contribution in [0.15, 0.2) is 59.1 Å². The quantitative estimate of drug-likeness (QED) is 0.471. The van der Waals surface area contributed by atoms with Gasteiger partial charge in [-0.15, -0.1) is 0 Å². The molecule has 0 atom stereocenters. The molecule has 3 rings (SSSR count). The van der Waals surface area contributed by atoms with Gasteiger partial charge in [0.05, 0.1) is 16.6 Å². The van der Waals surface area contributed by atoms with Crippen LogP contribution in [0.2, 0.25) is 0 Å². The van der Waals surface area contributed by atoms with E-state index in [1.165, 1.54) is 18.2 Å². The average Bonchev–Trinajstić information content (AvgIpc) is 2.55. The first-order valence-electron chi connectivity index (χ1n) is 6.62. The van der Waals surface area contributed by atoms with Crippen LogP contribution in [0.4, 0.5) is 5.69 Å². The number of hydrogen-bond donors (Lipinski definition) is 0. The van der Waals surface area contributed by atoms with Crippen LogP contribution in [0, 0.1) is 21.4 Å². The number of benzene rings is 3. The molecule has 0 saturated carbocycles. The lowest BCUT2D eigenvalue weighted by Crippen LogP contribution is -1.92. The Hall–Kier alpha value is -2.91. The summed E-state index contributed by atoms with van der Waals surface area (Å²) in [6.07, 6.45) is 0. The van der Waals surface area contributed by atoms with Gasteiger partial charge in [0, 0.05) is 10.5 Å². The third-order valence-electron chi connectivity index (χ3n) is 3.30. The van der Waals surface area contributed by atoms with Crippen molar-refractivity contribution < 1.29 is 9.66 Å². The molecule has 0 aromatic heterocycles. The Morgan fingerprint density at radius 2 is 1.78 bits per heavy atom. The molecular weight excluding hydrogens is 360 g/mol. The molecule has 112 valence electrons. The van der Waals surface area contributed by atoms with Gasteiger partial charge in [-0.2, -0.15) is 5.26 Å². The fraction of sp³-hybridized carbons (Fsp3) is 0. The zero-order chi connectivity index (χ0) is 16.4. The number of hydrogen-bond acceptors (Lipinski definition) is 4. The number of nitrogens with zero attached hydrogens (tertiary/aromatic N) is 2. The van der Waals surface area contributed by atoms with Crippen LogP contribution in [0.1, 0.15) is 5.56 Å². The van der Waals surface area contributed by atoms with Crippen LogP contribution in [-0.2, 0) is 0 Å². The van der Waals surface area contributed by atoms with Gasteiger partial charge in [-0.1, -0.05) is 28.1 Å². The summed E-state index contributed by atoms with van der Waals surface area (Å²) < 4.78 is 6.67. The molecule has 0 saturated heterocycles. The standard InChI is InChI=1S/C17H9BrN2O3/c18-14-4-1-12-8-16(6-3-11(12)7-14)23-17-9-15(20(21)22)5-2-13(17)10-19/h1-9H. The third kappa shape index (κ3) is 3.15. The number of nitriles is 1. The minimum absolute atomic E-state index is 0.122. The zero-order valence-electron chi connectivity index (χ0n) is 11.7. The second-order valence-electron chi connectivity index (χ2n) is 4.80. The maximum absolute atomic E-state index is 10.9. The minimum Gasteiger partial charge on any atom is -0.456 e. The molecule has 0 N–H and O–H groups in total. The minimum atomic E-state index is -0.522. The largest absolute Gasteiger partial charge is 0.456 e. The summed E-state index contributed by atoms with van der Waals surface area (Å²) >= 11 is 3.41. The number of non-ortho nitro benzene ring substituents is 1. The van der Waals surface area contributed by atoms with Crippen LogP contribution >= 0.6 is 15.9 Å². The molecule has 0 fully saturated rings. The highest BCUT2D eigenvalue weighted by Crippen LogP contribution is 2.31. The number of rotatable bonds is 3. The van der Waals surface area contributed by atoms with Crippen LogP contribution in [-0.4, -0.2) is 4.92 Å². The Bertz CT molecular complexity index is 964. The first-order valence-corrected chi connectivity index (χ1v) is 7.42. The van der Waals surface area contributed by atoms with E-state index in [9.17, 15) is 10.1 Å². The van der Waals surface area contributed by atoms with Crippen LogP contribution in [0.3, 0.4) is 0 Å². The van der Waals surface area contributed by atoms with Crippen molar-refractivity contribution in [1.29, 1.82) is 5.26 Å². The van der Waals surface area contributed by atoms with E-state index < -0.39 is 4.92 Å². The average molecular weight is 369 g/mol. The van der Waals surface area contributed by atoms with Crippen molar-refractivity contribution in [3.8, 4) is 17.6 Å². The van der Waals surface area contributed by atoms with E-state index in [-0.39, 0.29) is 17.0 Å². The summed E-state index contributed by atoms with van der Waals surface area (Å²) in [7, 11) is 0. The zero-order valence-corrected chi connectivity index (χ0v) is 13.3. The third-order valence-corrected chi connectivity index (χ3v) is 3.79. The monoisotopic (exact) mass is 368 g/mol. The number of nitro benzene ring substituents is 1. The molecule has 0 aliphatic rings. The van der Waals surface area contributed by atoms with E-state index in [0.717, 1.165) is 15.2 Å². The van der Waals surface area contributed by atoms with E-state index in [4.69, 9.17) is 10.00 Å². The Labute approximate surface area is 140 Å². The molecule has 6 heteroatoms. The maximum atomic E-state index is 10.9. The molecule has 3 aromatic rings. The Balaban J connectivity index is 2.01. The molecule has 23 heavy (non-hydrogen) atoms. The fourth-order valence-corrected chi connectivity index (χ4v) is 2.57. The number of fused-ring (bicyclic) bond motifs is 1. The van der Waals surface area contributed by atoms with Gasteiger partial charge in [-0.25, -0.2) is 0 Å². The molecule has 0 aliphatic carbocycles. The van der Waals surface area contributed by atoms with Gasteiger partial charge in [0.25, 0.3) is 5.69 Å². The molecule has 0 radical (unpaired) electrons. The van der Waals surface area contributed by atoms with E-state index in [0.29, 0.717) is 5.75 Å². The Morgan fingerprint density at radius 3 is 2.52 bits per heavy atom. The van der Waals surface area contributed by atoms with Crippen molar-refractivity contribution in [2.24, 2.45) is 0 Å². The van der Waals surface area contributed by atoms with Crippen LogP contribution in [0.5, 0.6) is 11.5 Å². The van der Waals surface area contributed by atoms with Crippen LogP contribution < -0.4 is 4.74 Å². The fourth-order valence-electron chi connectivity index (χ4n) is 2.19. The van der Waals surface area contributed by atoms with E-state index >= 15 is 0 Å². The topological polar surface area (TPSA) is 76.2 Å². The predicted molar refractivity (Wildman–Crippen MR) is 89.5 cm³/mol. The van der Waals surface area contributed by atoms with Gasteiger partial charge >= 0.3 is 0 Å². The van der Waals surface area contributed by atoms with Crippen molar-refractivity contribution in [1.82, 2.24) is 0 Å². The van der Waals surface area contributed by atoms with Crippen molar-refractivity contribution >= 4 is 32.4 Å². The molecule has 0 bridgehead atoms. The van der Waals surface area contributed by atoms with Crippen molar-refractivity contribution in [2.75, 3.05) is 0 Å². The Kier molecular flexibility index (Phi) is 3.96. The lowest BCUT2D eigenvalue weighted by atomic mass is 10.1. The predicted octanol–water partition coefficient (Wildman–Crippen LogP) is 5.17.